The molecular weight excluding hydrogens is 290 g/mol. The SMILES string of the molecule is C[C@H](Cn1cc(Cl)cn1)C(=O)N[C@@H]1CCS(=O)(=O)C1. The number of amides is 1. The number of sulfone groups is 1. The Labute approximate surface area is 117 Å². The predicted octanol–water partition coefficient (Wildman–Crippen LogP) is 0.476. The van der Waals surface area contributed by atoms with Crippen molar-refractivity contribution in [3.05, 3.63) is 17.4 Å². The van der Waals surface area contributed by atoms with E-state index in [1.807, 2.05) is 0 Å². The molecule has 1 aliphatic heterocycles. The molecule has 0 saturated carbocycles. The maximum absolute atomic E-state index is 11.9. The molecule has 1 N–H and O–H groups in total. The van der Waals surface area contributed by atoms with Crippen molar-refractivity contribution in [1.82, 2.24) is 15.1 Å². The second-order valence-corrected chi connectivity index (χ2v) is 7.56. The molecule has 6 nitrogen and oxygen atoms in total. The van der Waals surface area contributed by atoms with E-state index < -0.39 is 9.84 Å². The summed E-state index contributed by atoms with van der Waals surface area (Å²) in [4.78, 5) is 11.9. The van der Waals surface area contributed by atoms with E-state index in [-0.39, 0.29) is 29.4 Å². The van der Waals surface area contributed by atoms with Crippen molar-refractivity contribution in [2.75, 3.05) is 11.5 Å². The maximum atomic E-state index is 11.9. The predicted molar refractivity (Wildman–Crippen MR) is 71.6 cm³/mol. The van der Waals surface area contributed by atoms with Crippen molar-refractivity contribution in [3.8, 4) is 0 Å². The van der Waals surface area contributed by atoms with Gasteiger partial charge >= 0.3 is 0 Å². The number of carbonyl (C=O) groups is 1. The fourth-order valence-electron chi connectivity index (χ4n) is 2.05. The zero-order valence-corrected chi connectivity index (χ0v) is 12.1. The zero-order chi connectivity index (χ0) is 14.0. The number of nitrogens with zero attached hydrogens (tertiary/aromatic N) is 2. The molecule has 0 aromatic carbocycles. The van der Waals surface area contributed by atoms with Crippen LogP contribution in [0.25, 0.3) is 0 Å². The molecule has 1 aromatic heterocycles. The van der Waals surface area contributed by atoms with Gasteiger partial charge in [-0.1, -0.05) is 18.5 Å². The number of nitrogens with one attached hydrogen (secondary N) is 1. The Morgan fingerprint density at radius 1 is 1.68 bits per heavy atom. The molecule has 8 heteroatoms. The second kappa shape index (κ2) is 5.50. The first kappa shape index (κ1) is 14.3. The van der Waals surface area contributed by atoms with Crippen LogP contribution in [0, 0.1) is 5.92 Å². The number of aromatic nitrogens is 2. The molecule has 0 spiro atoms. The van der Waals surface area contributed by atoms with Crippen molar-refractivity contribution in [2.24, 2.45) is 5.92 Å². The highest BCUT2D eigenvalue weighted by molar-refractivity contribution is 7.91. The van der Waals surface area contributed by atoms with E-state index >= 15 is 0 Å². The summed E-state index contributed by atoms with van der Waals surface area (Å²) in [7, 11) is -2.97. The summed E-state index contributed by atoms with van der Waals surface area (Å²) in [5.41, 5.74) is 0. The van der Waals surface area contributed by atoms with Crippen LogP contribution in [0.4, 0.5) is 0 Å². The van der Waals surface area contributed by atoms with Gasteiger partial charge in [0.15, 0.2) is 9.84 Å². The molecular formula is C11H16ClN3O3S. The summed E-state index contributed by atoms with van der Waals surface area (Å²) in [5, 5.41) is 7.29. The minimum Gasteiger partial charge on any atom is -0.352 e. The third-order valence-electron chi connectivity index (χ3n) is 3.09. The molecule has 1 saturated heterocycles. The Bertz CT molecular complexity index is 569. The lowest BCUT2D eigenvalue weighted by Crippen LogP contribution is -2.40. The Kier molecular flexibility index (Phi) is 4.15. The van der Waals surface area contributed by atoms with Gasteiger partial charge in [0.05, 0.1) is 35.2 Å². The van der Waals surface area contributed by atoms with E-state index in [4.69, 9.17) is 11.6 Å². The number of hydrogen-bond donors (Lipinski definition) is 1. The molecule has 2 rings (SSSR count). The van der Waals surface area contributed by atoms with E-state index in [1.165, 1.54) is 6.20 Å². The van der Waals surface area contributed by atoms with Crippen molar-refractivity contribution >= 4 is 27.3 Å². The topological polar surface area (TPSA) is 81.1 Å². The third-order valence-corrected chi connectivity index (χ3v) is 5.05. The van der Waals surface area contributed by atoms with Gasteiger partial charge in [-0.2, -0.15) is 5.10 Å². The number of carbonyl (C=O) groups excluding carboxylic acids is 1. The number of halogens is 1. The van der Waals surface area contributed by atoms with Crippen LogP contribution in [0.2, 0.25) is 5.02 Å². The molecule has 2 heterocycles. The summed E-state index contributed by atoms with van der Waals surface area (Å²) in [6.07, 6.45) is 3.65. The number of rotatable bonds is 4. The van der Waals surface area contributed by atoms with Gasteiger partial charge in [-0.05, 0) is 6.42 Å². The first-order valence-electron chi connectivity index (χ1n) is 6.04. The first-order chi connectivity index (χ1) is 8.85. The summed E-state index contributed by atoms with van der Waals surface area (Å²) in [6.45, 7) is 2.19. The minimum atomic E-state index is -2.97. The van der Waals surface area contributed by atoms with Gasteiger partial charge in [-0.25, -0.2) is 8.42 Å². The van der Waals surface area contributed by atoms with Gasteiger partial charge in [-0.3, -0.25) is 9.48 Å². The standard InChI is InChI=1S/C11H16ClN3O3S/c1-8(5-15-6-9(12)4-13-15)11(16)14-10-2-3-19(17,18)7-10/h4,6,8,10H,2-3,5,7H2,1H3,(H,14,16)/t8-,10-/m1/s1. The highest BCUT2D eigenvalue weighted by Gasteiger charge is 2.29. The van der Waals surface area contributed by atoms with Gasteiger partial charge in [0.2, 0.25) is 5.91 Å². The summed E-state index contributed by atoms with van der Waals surface area (Å²) >= 11 is 5.74. The maximum Gasteiger partial charge on any atom is 0.224 e. The Morgan fingerprint density at radius 3 is 2.95 bits per heavy atom. The fraction of sp³-hybridized carbons (Fsp3) is 0.636. The Hall–Kier alpha value is -1.08. The van der Waals surface area contributed by atoms with Crippen molar-refractivity contribution in [1.29, 1.82) is 0 Å². The normalized spacial score (nSPS) is 23.2. The molecule has 1 aliphatic rings. The van der Waals surface area contributed by atoms with Gasteiger partial charge in [0.25, 0.3) is 0 Å². The lowest BCUT2D eigenvalue weighted by atomic mass is 10.1. The van der Waals surface area contributed by atoms with Gasteiger partial charge in [0.1, 0.15) is 0 Å². The molecule has 0 unspecified atom stereocenters. The van der Waals surface area contributed by atoms with Crippen LogP contribution >= 0.6 is 11.6 Å². The molecule has 1 fully saturated rings. The van der Waals surface area contributed by atoms with Crippen LogP contribution in [0.1, 0.15) is 13.3 Å². The van der Waals surface area contributed by atoms with Crippen molar-refractivity contribution < 1.29 is 13.2 Å². The molecule has 1 aromatic rings. The van der Waals surface area contributed by atoms with Crippen LogP contribution < -0.4 is 5.32 Å². The molecule has 0 bridgehead atoms. The van der Waals surface area contributed by atoms with Crippen LogP contribution in [-0.2, 0) is 21.2 Å². The minimum absolute atomic E-state index is 0.0407. The first-order valence-corrected chi connectivity index (χ1v) is 8.24. The molecule has 0 radical (unpaired) electrons. The van der Waals surface area contributed by atoms with Gasteiger partial charge in [-0.15, -0.1) is 0 Å². The van der Waals surface area contributed by atoms with Crippen molar-refractivity contribution in [3.63, 3.8) is 0 Å². The third kappa shape index (κ3) is 3.94. The van der Waals surface area contributed by atoms with Crippen LogP contribution in [0.5, 0.6) is 0 Å². The Morgan fingerprint density at radius 2 is 2.42 bits per heavy atom. The Balaban J connectivity index is 1.86. The van der Waals surface area contributed by atoms with E-state index in [1.54, 1.807) is 17.8 Å². The average molecular weight is 306 g/mol. The van der Waals surface area contributed by atoms with E-state index in [2.05, 4.69) is 10.4 Å². The largest absolute Gasteiger partial charge is 0.352 e. The summed E-state index contributed by atoms with van der Waals surface area (Å²) in [6, 6.07) is -0.263. The quantitative estimate of drug-likeness (QED) is 0.877. The molecule has 2 atom stereocenters. The van der Waals surface area contributed by atoms with Crippen molar-refractivity contribution in [2.45, 2.75) is 25.9 Å². The second-order valence-electron chi connectivity index (χ2n) is 4.89. The van der Waals surface area contributed by atoms with Crippen LogP contribution in [0.3, 0.4) is 0 Å². The van der Waals surface area contributed by atoms with Gasteiger partial charge in [0, 0.05) is 12.2 Å². The van der Waals surface area contributed by atoms with Gasteiger partial charge < -0.3 is 5.32 Å². The average Bonchev–Trinajstić information content (AvgIpc) is 2.85. The molecule has 106 valence electrons. The van der Waals surface area contributed by atoms with E-state index in [0.29, 0.717) is 18.0 Å². The monoisotopic (exact) mass is 305 g/mol. The molecule has 19 heavy (non-hydrogen) atoms. The van der Waals surface area contributed by atoms with E-state index in [0.717, 1.165) is 0 Å². The highest BCUT2D eigenvalue weighted by atomic mass is 35.5. The zero-order valence-electron chi connectivity index (χ0n) is 10.5. The smallest absolute Gasteiger partial charge is 0.224 e. The number of hydrogen-bond acceptors (Lipinski definition) is 4. The van der Waals surface area contributed by atoms with Crippen LogP contribution in [0.15, 0.2) is 12.4 Å². The van der Waals surface area contributed by atoms with E-state index in [9.17, 15) is 13.2 Å². The summed E-state index contributed by atoms with van der Waals surface area (Å²) in [5.74, 6) is -0.256. The highest BCUT2D eigenvalue weighted by Crippen LogP contribution is 2.13. The molecule has 0 aliphatic carbocycles. The fourth-order valence-corrected chi connectivity index (χ4v) is 3.88. The van der Waals surface area contributed by atoms with Crippen LogP contribution in [-0.4, -0.2) is 41.7 Å². The summed E-state index contributed by atoms with van der Waals surface area (Å²) < 4.78 is 24.2. The molecule has 1 amide bonds. The lowest BCUT2D eigenvalue weighted by molar-refractivity contribution is -0.125. The lowest BCUT2D eigenvalue weighted by Gasteiger charge is -2.15.